The number of rotatable bonds is 3. The molecule has 3 aromatic carbocycles. The molecule has 0 unspecified atom stereocenters. The summed E-state index contributed by atoms with van der Waals surface area (Å²) in [5, 5.41) is 16.4. The van der Waals surface area contributed by atoms with Crippen LogP contribution in [0, 0.1) is 0 Å². The molecule has 0 bridgehead atoms. The monoisotopic (exact) mass is 381 g/mol. The van der Waals surface area contributed by atoms with Gasteiger partial charge in [-0.3, -0.25) is 9.36 Å². The number of nitrogens with one attached hydrogen (secondary N) is 1. The van der Waals surface area contributed by atoms with E-state index in [-0.39, 0.29) is 11.8 Å². The molecule has 0 fully saturated rings. The van der Waals surface area contributed by atoms with E-state index in [4.69, 9.17) is 0 Å². The molecule has 2 heterocycles. The minimum Gasteiger partial charge on any atom is -0.494 e. The molecule has 0 atom stereocenters. The first-order chi connectivity index (χ1) is 14.1. The number of benzene rings is 3. The minimum absolute atomic E-state index is 0.145. The molecule has 5 aromatic rings. The maximum Gasteiger partial charge on any atom is 0.255 e. The van der Waals surface area contributed by atoms with Crippen LogP contribution in [-0.2, 0) is 7.05 Å². The van der Waals surface area contributed by atoms with Crippen molar-refractivity contribution in [3.63, 3.8) is 0 Å². The van der Waals surface area contributed by atoms with Crippen LogP contribution in [0.1, 0.15) is 10.4 Å². The van der Waals surface area contributed by atoms with Gasteiger partial charge in [0.1, 0.15) is 0 Å². The molecule has 0 radical (unpaired) electrons. The first-order valence-corrected chi connectivity index (χ1v) is 9.36. The van der Waals surface area contributed by atoms with Gasteiger partial charge in [-0.15, -0.1) is 0 Å². The quantitative estimate of drug-likeness (QED) is 0.458. The number of nitrogens with zero attached hydrogens (tertiary/aromatic N) is 2. The maximum atomic E-state index is 12.4. The lowest BCUT2D eigenvalue weighted by Crippen LogP contribution is -2.11. The van der Waals surface area contributed by atoms with Gasteiger partial charge in [-0.05, 0) is 48.5 Å². The first-order valence-electron chi connectivity index (χ1n) is 9.36. The maximum absolute atomic E-state index is 12.4. The highest BCUT2D eigenvalue weighted by Gasteiger charge is 2.13. The van der Waals surface area contributed by atoms with Crippen LogP contribution in [0.3, 0.4) is 0 Å². The highest BCUT2D eigenvalue weighted by atomic mass is 16.3. The van der Waals surface area contributed by atoms with Gasteiger partial charge in [0.15, 0.2) is 0 Å². The highest BCUT2D eigenvalue weighted by molar-refractivity contribution is 6.05. The lowest BCUT2D eigenvalue weighted by Gasteiger charge is -2.06. The van der Waals surface area contributed by atoms with Crippen LogP contribution in [0.4, 0.5) is 5.69 Å². The summed E-state index contributed by atoms with van der Waals surface area (Å²) >= 11 is 0. The number of aryl methyl sites for hydroxylation is 1. The van der Waals surface area contributed by atoms with Crippen molar-refractivity contribution in [1.29, 1.82) is 0 Å². The Labute approximate surface area is 167 Å². The molecule has 5 rings (SSSR count). The van der Waals surface area contributed by atoms with Gasteiger partial charge >= 0.3 is 0 Å². The third kappa shape index (κ3) is 2.93. The summed E-state index contributed by atoms with van der Waals surface area (Å²) < 4.78 is 3.83. The van der Waals surface area contributed by atoms with E-state index in [1.165, 1.54) is 0 Å². The molecule has 29 heavy (non-hydrogen) atoms. The molecule has 0 aliphatic heterocycles. The van der Waals surface area contributed by atoms with Crippen LogP contribution >= 0.6 is 0 Å². The predicted octanol–water partition coefficient (Wildman–Crippen LogP) is 5.08. The summed E-state index contributed by atoms with van der Waals surface area (Å²) in [5.41, 5.74) is 3.24. The van der Waals surface area contributed by atoms with Crippen LogP contribution in [0.2, 0.25) is 0 Å². The van der Waals surface area contributed by atoms with Gasteiger partial charge in [-0.25, -0.2) is 0 Å². The third-order valence-electron chi connectivity index (χ3n) is 5.23. The smallest absolute Gasteiger partial charge is 0.255 e. The second-order valence-corrected chi connectivity index (χ2v) is 7.11. The number of aromatic hydroxyl groups is 1. The molecule has 5 nitrogen and oxygen atoms in total. The minimum atomic E-state index is -0.182. The molecule has 0 saturated carbocycles. The Morgan fingerprint density at radius 1 is 0.931 bits per heavy atom. The van der Waals surface area contributed by atoms with Gasteiger partial charge in [0.05, 0.1) is 0 Å². The van der Waals surface area contributed by atoms with Crippen LogP contribution in [0.15, 0.2) is 85.2 Å². The summed E-state index contributed by atoms with van der Waals surface area (Å²) in [6.07, 6.45) is 3.92. The van der Waals surface area contributed by atoms with Crippen molar-refractivity contribution in [3.8, 4) is 11.6 Å². The topological polar surface area (TPSA) is 59.2 Å². The average molecular weight is 381 g/mol. The number of carbonyl (C=O) groups is 1. The van der Waals surface area contributed by atoms with Crippen molar-refractivity contribution in [2.75, 3.05) is 5.32 Å². The number of hydrogen-bond donors (Lipinski definition) is 2. The zero-order valence-corrected chi connectivity index (χ0v) is 15.8. The van der Waals surface area contributed by atoms with E-state index in [1.54, 1.807) is 22.8 Å². The van der Waals surface area contributed by atoms with Gasteiger partial charge in [0.2, 0.25) is 5.88 Å². The molecular weight excluding hydrogens is 362 g/mol. The summed E-state index contributed by atoms with van der Waals surface area (Å²) in [7, 11) is 2.01. The number of hydrogen-bond acceptors (Lipinski definition) is 2. The summed E-state index contributed by atoms with van der Waals surface area (Å²) in [4.78, 5) is 12.4. The SMILES string of the molecule is Cn1ccc2cc(-n3cc4ccc(NC(=O)c5ccccc5)cc4c3O)ccc21. The number of fused-ring (bicyclic) bond motifs is 2. The van der Waals surface area contributed by atoms with E-state index in [0.29, 0.717) is 16.6 Å². The Morgan fingerprint density at radius 3 is 2.59 bits per heavy atom. The standard InChI is InChI=1S/C24H19N3O2/c1-26-12-11-17-13-20(9-10-22(17)26)27-15-18-7-8-19(14-21(18)24(27)29)25-23(28)16-5-3-2-4-6-16/h2-15,29H,1H3,(H,25,28). The normalized spacial score (nSPS) is 11.2. The Morgan fingerprint density at radius 2 is 1.76 bits per heavy atom. The molecular formula is C24H19N3O2. The van der Waals surface area contributed by atoms with Crippen molar-refractivity contribution < 1.29 is 9.90 Å². The van der Waals surface area contributed by atoms with Gasteiger partial charge in [0, 0.05) is 58.1 Å². The molecule has 2 aromatic heterocycles. The fourth-order valence-electron chi connectivity index (χ4n) is 3.68. The summed E-state index contributed by atoms with van der Waals surface area (Å²) in [5.74, 6) is -0.0375. The summed E-state index contributed by atoms with van der Waals surface area (Å²) in [6, 6.07) is 22.7. The van der Waals surface area contributed by atoms with Gasteiger partial charge in [-0.2, -0.15) is 0 Å². The highest BCUT2D eigenvalue weighted by Crippen LogP contribution is 2.33. The average Bonchev–Trinajstić information content (AvgIpc) is 3.28. The van der Waals surface area contributed by atoms with Crippen LogP contribution in [0.25, 0.3) is 27.4 Å². The van der Waals surface area contributed by atoms with Crippen molar-refractivity contribution in [2.45, 2.75) is 0 Å². The second kappa shape index (κ2) is 6.56. The van der Waals surface area contributed by atoms with E-state index in [0.717, 1.165) is 22.0 Å². The molecule has 0 aliphatic carbocycles. The van der Waals surface area contributed by atoms with Crippen molar-refractivity contribution in [1.82, 2.24) is 9.13 Å². The zero-order valence-electron chi connectivity index (χ0n) is 15.8. The lowest BCUT2D eigenvalue weighted by atomic mass is 10.2. The summed E-state index contributed by atoms with van der Waals surface area (Å²) in [6.45, 7) is 0. The fraction of sp³-hybridized carbons (Fsp3) is 0.0417. The Bertz CT molecular complexity index is 1360. The van der Waals surface area contributed by atoms with Crippen LogP contribution < -0.4 is 5.32 Å². The number of carbonyl (C=O) groups excluding carboxylic acids is 1. The number of aromatic nitrogens is 2. The number of anilines is 1. The third-order valence-corrected chi connectivity index (χ3v) is 5.23. The first kappa shape index (κ1) is 17.1. The Kier molecular flexibility index (Phi) is 3.88. The second-order valence-electron chi connectivity index (χ2n) is 7.11. The molecule has 1 amide bonds. The van der Waals surface area contributed by atoms with E-state index in [9.17, 15) is 9.90 Å². The van der Waals surface area contributed by atoms with E-state index in [2.05, 4.69) is 16.0 Å². The Hall–Kier alpha value is -3.99. The fourth-order valence-corrected chi connectivity index (χ4v) is 3.68. The Balaban J connectivity index is 1.52. The molecule has 0 spiro atoms. The van der Waals surface area contributed by atoms with Gasteiger partial charge in [-0.1, -0.05) is 24.3 Å². The number of amides is 1. The largest absolute Gasteiger partial charge is 0.494 e. The van der Waals surface area contributed by atoms with Crippen LogP contribution in [0.5, 0.6) is 5.88 Å². The predicted molar refractivity (Wildman–Crippen MR) is 116 cm³/mol. The molecule has 2 N–H and O–H groups in total. The van der Waals surface area contributed by atoms with Gasteiger partial charge < -0.3 is 15.0 Å². The van der Waals surface area contributed by atoms with Gasteiger partial charge in [0.25, 0.3) is 5.91 Å². The van der Waals surface area contributed by atoms with E-state index >= 15 is 0 Å². The zero-order chi connectivity index (χ0) is 20.0. The van der Waals surface area contributed by atoms with Crippen molar-refractivity contribution >= 4 is 33.3 Å². The molecule has 0 saturated heterocycles. The molecule has 142 valence electrons. The van der Waals surface area contributed by atoms with Crippen LogP contribution in [-0.4, -0.2) is 20.1 Å². The molecule has 0 aliphatic rings. The lowest BCUT2D eigenvalue weighted by molar-refractivity contribution is 0.102. The van der Waals surface area contributed by atoms with Crippen molar-refractivity contribution in [2.24, 2.45) is 7.05 Å². The molecule has 5 heteroatoms. The van der Waals surface area contributed by atoms with Crippen molar-refractivity contribution in [3.05, 3.63) is 90.8 Å². The van der Waals surface area contributed by atoms with E-state index < -0.39 is 0 Å². The van der Waals surface area contributed by atoms with E-state index in [1.807, 2.05) is 68.0 Å².